The number of ether oxygens (including phenoxy) is 2. The average Bonchev–Trinajstić information content (AvgIpc) is 2.50. The highest BCUT2D eigenvalue weighted by Gasteiger charge is 2.32. The van der Waals surface area contributed by atoms with E-state index in [1.165, 1.54) is 64.2 Å². The molecule has 0 unspecified atom stereocenters. The van der Waals surface area contributed by atoms with Crippen molar-refractivity contribution >= 4 is 0 Å². The average molecular weight is 280 g/mol. The van der Waals surface area contributed by atoms with E-state index in [0.29, 0.717) is 11.8 Å². The van der Waals surface area contributed by atoms with Crippen LogP contribution in [0.3, 0.4) is 0 Å². The summed E-state index contributed by atoms with van der Waals surface area (Å²) in [6, 6.07) is 0. The zero-order valence-electron chi connectivity index (χ0n) is 13.2. The summed E-state index contributed by atoms with van der Waals surface area (Å²) in [4.78, 5) is 0. The smallest absolute Gasteiger partial charge is 0.160 e. The molecule has 1 heterocycles. The summed E-state index contributed by atoms with van der Waals surface area (Å²) in [5.41, 5.74) is 0. The van der Waals surface area contributed by atoms with Gasteiger partial charge in [0.15, 0.2) is 6.29 Å². The molecule has 0 spiro atoms. The molecular weight excluding hydrogens is 248 g/mol. The number of rotatable bonds is 3. The van der Waals surface area contributed by atoms with Gasteiger partial charge < -0.3 is 9.47 Å². The molecule has 2 saturated carbocycles. The Balaban J connectivity index is 1.38. The van der Waals surface area contributed by atoms with Crippen LogP contribution >= 0.6 is 0 Å². The van der Waals surface area contributed by atoms with Crippen LogP contribution in [0.2, 0.25) is 0 Å². The Labute approximate surface area is 124 Å². The molecule has 0 atom stereocenters. The predicted octanol–water partition coefficient (Wildman–Crippen LogP) is 4.77. The van der Waals surface area contributed by atoms with Crippen molar-refractivity contribution in [3.63, 3.8) is 0 Å². The van der Waals surface area contributed by atoms with Crippen LogP contribution in [0.15, 0.2) is 0 Å². The predicted molar refractivity (Wildman–Crippen MR) is 81.5 cm³/mol. The molecule has 2 aliphatic carbocycles. The largest absolute Gasteiger partial charge is 0.352 e. The van der Waals surface area contributed by atoms with Crippen LogP contribution in [0.5, 0.6) is 0 Å². The first kappa shape index (κ1) is 14.8. The maximum atomic E-state index is 6.08. The van der Waals surface area contributed by atoms with Crippen LogP contribution in [0, 0.1) is 23.7 Å². The van der Waals surface area contributed by atoms with Gasteiger partial charge in [0.25, 0.3) is 0 Å². The fourth-order valence-corrected chi connectivity index (χ4v) is 4.42. The van der Waals surface area contributed by atoms with E-state index in [1.54, 1.807) is 0 Å². The van der Waals surface area contributed by atoms with Gasteiger partial charge in [-0.2, -0.15) is 0 Å². The molecule has 3 rings (SSSR count). The molecule has 0 bridgehead atoms. The van der Waals surface area contributed by atoms with E-state index < -0.39 is 0 Å². The van der Waals surface area contributed by atoms with Crippen LogP contribution < -0.4 is 0 Å². The first-order valence-corrected chi connectivity index (χ1v) is 9.04. The standard InChI is InChI=1S/C18H32O2/c1-14-7-9-17(10-8-14)18-19-12-16(13-20-18)11-15-5-3-2-4-6-15/h14-18H,2-13H2,1H3. The molecule has 2 heteroatoms. The van der Waals surface area contributed by atoms with Gasteiger partial charge in [-0.1, -0.05) is 51.9 Å². The molecule has 0 aromatic rings. The quantitative estimate of drug-likeness (QED) is 0.741. The van der Waals surface area contributed by atoms with Crippen molar-refractivity contribution in [1.82, 2.24) is 0 Å². The Morgan fingerprint density at radius 3 is 2.05 bits per heavy atom. The Hall–Kier alpha value is -0.0800. The highest BCUT2D eigenvalue weighted by molar-refractivity contribution is 4.77. The first-order chi connectivity index (χ1) is 9.81. The van der Waals surface area contributed by atoms with Crippen LogP contribution in [0.4, 0.5) is 0 Å². The van der Waals surface area contributed by atoms with Gasteiger partial charge in [0.2, 0.25) is 0 Å². The molecule has 3 fully saturated rings. The minimum atomic E-state index is 0.116. The van der Waals surface area contributed by atoms with E-state index in [-0.39, 0.29) is 6.29 Å². The van der Waals surface area contributed by atoms with Gasteiger partial charge in [0.1, 0.15) is 0 Å². The second-order valence-corrected chi connectivity index (χ2v) is 7.66. The maximum Gasteiger partial charge on any atom is 0.160 e. The zero-order valence-corrected chi connectivity index (χ0v) is 13.2. The molecule has 116 valence electrons. The Morgan fingerprint density at radius 1 is 0.750 bits per heavy atom. The summed E-state index contributed by atoms with van der Waals surface area (Å²) in [5, 5.41) is 0. The van der Waals surface area contributed by atoms with Crippen molar-refractivity contribution in [3.8, 4) is 0 Å². The summed E-state index contributed by atoms with van der Waals surface area (Å²) in [6.45, 7) is 4.28. The third-order valence-electron chi connectivity index (χ3n) is 5.83. The molecule has 2 nitrogen and oxygen atoms in total. The SMILES string of the molecule is CC1CCC(C2OCC(CC3CCCCC3)CO2)CC1. The lowest BCUT2D eigenvalue weighted by Crippen LogP contribution is -2.39. The van der Waals surface area contributed by atoms with Crippen LogP contribution in [0.25, 0.3) is 0 Å². The minimum Gasteiger partial charge on any atom is -0.352 e. The molecule has 0 radical (unpaired) electrons. The summed E-state index contributed by atoms with van der Waals surface area (Å²) in [7, 11) is 0. The zero-order chi connectivity index (χ0) is 13.8. The van der Waals surface area contributed by atoms with Crippen LogP contribution in [-0.2, 0) is 9.47 Å². The van der Waals surface area contributed by atoms with Gasteiger partial charge in [-0.3, -0.25) is 0 Å². The molecule has 0 amide bonds. The van der Waals surface area contributed by atoms with Gasteiger partial charge in [-0.25, -0.2) is 0 Å². The molecule has 0 N–H and O–H groups in total. The van der Waals surface area contributed by atoms with Gasteiger partial charge in [0, 0.05) is 11.8 Å². The fraction of sp³-hybridized carbons (Fsp3) is 1.00. The van der Waals surface area contributed by atoms with Gasteiger partial charge in [0.05, 0.1) is 13.2 Å². The lowest BCUT2D eigenvalue weighted by atomic mass is 9.81. The first-order valence-electron chi connectivity index (χ1n) is 9.04. The van der Waals surface area contributed by atoms with Gasteiger partial charge in [-0.15, -0.1) is 0 Å². The summed E-state index contributed by atoms with van der Waals surface area (Å²) in [6.07, 6.45) is 14.0. The van der Waals surface area contributed by atoms with E-state index in [2.05, 4.69) is 6.92 Å². The lowest BCUT2D eigenvalue weighted by Gasteiger charge is -2.38. The molecule has 0 aromatic carbocycles. The van der Waals surface area contributed by atoms with E-state index in [9.17, 15) is 0 Å². The highest BCUT2D eigenvalue weighted by atomic mass is 16.7. The monoisotopic (exact) mass is 280 g/mol. The Bertz CT molecular complexity index is 269. The van der Waals surface area contributed by atoms with Crippen molar-refractivity contribution in [2.75, 3.05) is 13.2 Å². The molecule has 20 heavy (non-hydrogen) atoms. The third-order valence-corrected chi connectivity index (χ3v) is 5.83. The lowest BCUT2D eigenvalue weighted by molar-refractivity contribution is -0.231. The van der Waals surface area contributed by atoms with Crippen molar-refractivity contribution in [2.45, 2.75) is 77.4 Å². The second kappa shape index (κ2) is 7.26. The Morgan fingerprint density at radius 2 is 1.40 bits per heavy atom. The van der Waals surface area contributed by atoms with E-state index >= 15 is 0 Å². The summed E-state index contributed by atoms with van der Waals surface area (Å²) < 4.78 is 12.2. The summed E-state index contributed by atoms with van der Waals surface area (Å²) in [5.74, 6) is 3.20. The maximum absolute atomic E-state index is 6.08. The fourth-order valence-electron chi connectivity index (χ4n) is 4.42. The molecular formula is C18H32O2. The van der Waals surface area contributed by atoms with E-state index in [4.69, 9.17) is 9.47 Å². The van der Waals surface area contributed by atoms with E-state index in [1.807, 2.05) is 0 Å². The molecule has 3 aliphatic rings. The topological polar surface area (TPSA) is 18.5 Å². The van der Waals surface area contributed by atoms with E-state index in [0.717, 1.165) is 25.0 Å². The molecule has 0 aromatic heterocycles. The van der Waals surface area contributed by atoms with Crippen molar-refractivity contribution in [3.05, 3.63) is 0 Å². The Kier molecular flexibility index (Phi) is 5.39. The van der Waals surface area contributed by atoms with Crippen molar-refractivity contribution < 1.29 is 9.47 Å². The van der Waals surface area contributed by atoms with Crippen LogP contribution in [-0.4, -0.2) is 19.5 Å². The summed E-state index contributed by atoms with van der Waals surface area (Å²) >= 11 is 0. The number of hydrogen-bond acceptors (Lipinski definition) is 2. The second-order valence-electron chi connectivity index (χ2n) is 7.66. The van der Waals surface area contributed by atoms with Crippen molar-refractivity contribution in [2.24, 2.45) is 23.7 Å². The van der Waals surface area contributed by atoms with Crippen molar-refractivity contribution in [1.29, 1.82) is 0 Å². The van der Waals surface area contributed by atoms with Crippen LogP contribution in [0.1, 0.15) is 71.1 Å². The molecule has 1 aliphatic heterocycles. The van der Waals surface area contributed by atoms with Gasteiger partial charge >= 0.3 is 0 Å². The third kappa shape index (κ3) is 3.98. The molecule has 1 saturated heterocycles. The highest BCUT2D eigenvalue weighted by Crippen LogP contribution is 2.35. The normalized spacial score (nSPS) is 40.6. The van der Waals surface area contributed by atoms with Gasteiger partial charge in [-0.05, 0) is 31.1 Å². The number of hydrogen-bond donors (Lipinski definition) is 0. The minimum absolute atomic E-state index is 0.116.